The normalized spacial score (nSPS) is 31.6. The van der Waals surface area contributed by atoms with Crippen LogP contribution in [0, 0.1) is 0 Å². The zero-order valence-electron chi connectivity index (χ0n) is 15.5. The Morgan fingerprint density at radius 2 is 1.71 bits per heavy atom. The third kappa shape index (κ3) is 3.35. The number of likely N-dealkylation sites (N-methyl/N-ethyl adjacent to an activating group) is 1. The lowest BCUT2D eigenvalue weighted by Crippen LogP contribution is -2.62. The maximum Gasteiger partial charge on any atom is 0.243 e. The molecule has 0 spiro atoms. The lowest BCUT2D eigenvalue weighted by Gasteiger charge is -2.49. The van der Waals surface area contributed by atoms with Crippen LogP contribution in [0.25, 0.3) is 0 Å². The van der Waals surface area contributed by atoms with E-state index in [9.17, 15) is 9.90 Å². The summed E-state index contributed by atoms with van der Waals surface area (Å²) >= 11 is 0. The second-order valence-electron chi connectivity index (χ2n) is 8.29. The molecule has 1 aliphatic carbocycles. The fourth-order valence-corrected chi connectivity index (χ4v) is 5.08. The molecule has 0 unspecified atom stereocenters. The van der Waals surface area contributed by atoms with E-state index in [1.165, 1.54) is 25.7 Å². The number of aliphatic hydroxyl groups excluding tert-OH is 1. The van der Waals surface area contributed by atoms with Crippen molar-refractivity contribution in [2.24, 2.45) is 0 Å². The van der Waals surface area contributed by atoms with E-state index in [1.54, 1.807) is 0 Å². The van der Waals surface area contributed by atoms with Gasteiger partial charge in [-0.2, -0.15) is 0 Å². The van der Waals surface area contributed by atoms with E-state index in [1.807, 2.05) is 4.90 Å². The quantitative estimate of drug-likeness (QED) is 0.848. The van der Waals surface area contributed by atoms with Crippen molar-refractivity contribution in [3.05, 3.63) is 0 Å². The predicted octanol–water partition coefficient (Wildman–Crippen LogP) is 1.70. The van der Waals surface area contributed by atoms with Crippen LogP contribution in [0.5, 0.6) is 0 Å². The van der Waals surface area contributed by atoms with Crippen LogP contribution in [0.3, 0.4) is 0 Å². The van der Waals surface area contributed by atoms with Gasteiger partial charge in [-0.15, -0.1) is 0 Å². The van der Waals surface area contributed by atoms with Crippen LogP contribution in [0.15, 0.2) is 0 Å². The molecule has 2 heterocycles. The fraction of sp³-hybridized carbons (Fsp3) is 0.947. The number of rotatable bonds is 4. The van der Waals surface area contributed by atoms with Crippen LogP contribution < -0.4 is 0 Å². The summed E-state index contributed by atoms with van der Waals surface area (Å²) in [6.45, 7) is 3.00. The molecule has 0 radical (unpaired) electrons. The molecule has 2 atom stereocenters. The molecule has 0 bridgehead atoms. The van der Waals surface area contributed by atoms with E-state index >= 15 is 0 Å². The third-order valence-corrected chi connectivity index (χ3v) is 6.63. The van der Waals surface area contributed by atoms with Gasteiger partial charge in [0.1, 0.15) is 5.54 Å². The van der Waals surface area contributed by atoms with E-state index in [0.29, 0.717) is 11.9 Å². The zero-order valence-corrected chi connectivity index (χ0v) is 15.5. The number of hydrogen-bond acceptors (Lipinski definition) is 4. The highest BCUT2D eigenvalue weighted by molar-refractivity contribution is 5.87. The van der Waals surface area contributed by atoms with Gasteiger partial charge in [0.2, 0.25) is 5.91 Å². The van der Waals surface area contributed by atoms with E-state index in [-0.39, 0.29) is 18.2 Å². The summed E-state index contributed by atoms with van der Waals surface area (Å²) in [6, 6.07) is 0.363. The second-order valence-corrected chi connectivity index (χ2v) is 8.29. The van der Waals surface area contributed by atoms with E-state index in [2.05, 4.69) is 23.9 Å². The topological polar surface area (TPSA) is 47.0 Å². The highest BCUT2D eigenvalue weighted by atomic mass is 16.3. The fourth-order valence-electron chi connectivity index (χ4n) is 5.08. The molecule has 2 aliphatic heterocycles. The number of likely N-dealkylation sites (tertiary alicyclic amines) is 2. The van der Waals surface area contributed by atoms with Crippen molar-refractivity contribution in [2.45, 2.75) is 75.4 Å². The van der Waals surface area contributed by atoms with Gasteiger partial charge in [-0.1, -0.05) is 25.7 Å². The number of carbonyl (C=O) groups is 1. The summed E-state index contributed by atoms with van der Waals surface area (Å²) in [5, 5.41) is 9.85. The molecule has 5 nitrogen and oxygen atoms in total. The maximum absolute atomic E-state index is 13.7. The minimum Gasteiger partial charge on any atom is -0.394 e. The first-order valence-corrected chi connectivity index (χ1v) is 9.92. The summed E-state index contributed by atoms with van der Waals surface area (Å²) in [4.78, 5) is 20.5. The largest absolute Gasteiger partial charge is 0.394 e. The Labute approximate surface area is 147 Å². The second kappa shape index (κ2) is 7.71. The van der Waals surface area contributed by atoms with Crippen LogP contribution in [-0.2, 0) is 4.79 Å². The molecule has 24 heavy (non-hydrogen) atoms. The predicted molar refractivity (Wildman–Crippen MR) is 95.9 cm³/mol. The lowest BCUT2D eigenvalue weighted by atomic mass is 9.78. The van der Waals surface area contributed by atoms with Crippen molar-refractivity contribution < 1.29 is 9.90 Å². The molecule has 3 rings (SSSR count). The highest BCUT2D eigenvalue weighted by Crippen LogP contribution is 2.39. The number of amides is 1. The average Bonchev–Trinajstić information content (AvgIpc) is 3.07. The van der Waals surface area contributed by atoms with Crippen molar-refractivity contribution >= 4 is 5.91 Å². The Kier molecular flexibility index (Phi) is 5.83. The number of carbonyl (C=O) groups excluding carboxylic acids is 1. The minimum absolute atomic E-state index is 0.00603. The standard InChI is InChI=1S/C19H35N3O2/c1-20(2)16-13-17(15-23)22(14-16)18(24)19(9-5-3-6-10-19)21-11-7-4-8-12-21/h16-17,23H,3-15H2,1-2H3/t16-,17+/m1/s1. The van der Waals surface area contributed by atoms with Crippen LogP contribution >= 0.6 is 0 Å². The van der Waals surface area contributed by atoms with Crippen molar-refractivity contribution in [1.29, 1.82) is 0 Å². The van der Waals surface area contributed by atoms with Gasteiger partial charge in [0.25, 0.3) is 0 Å². The van der Waals surface area contributed by atoms with Gasteiger partial charge >= 0.3 is 0 Å². The monoisotopic (exact) mass is 337 g/mol. The van der Waals surface area contributed by atoms with Gasteiger partial charge in [0.05, 0.1) is 12.6 Å². The molecule has 1 N–H and O–H groups in total. The lowest BCUT2D eigenvalue weighted by molar-refractivity contribution is -0.150. The average molecular weight is 338 g/mol. The van der Waals surface area contributed by atoms with E-state index in [0.717, 1.165) is 51.7 Å². The molecule has 1 saturated carbocycles. The van der Waals surface area contributed by atoms with Crippen LogP contribution in [0.1, 0.15) is 57.8 Å². The number of piperidine rings is 1. The van der Waals surface area contributed by atoms with Gasteiger partial charge in [-0.05, 0) is 59.3 Å². The molecule has 2 saturated heterocycles. The molecule has 5 heteroatoms. The molecular weight excluding hydrogens is 302 g/mol. The van der Waals surface area contributed by atoms with Crippen molar-refractivity contribution in [3.8, 4) is 0 Å². The molecule has 0 aromatic rings. The van der Waals surface area contributed by atoms with Crippen LogP contribution in [0.4, 0.5) is 0 Å². The first kappa shape index (κ1) is 18.2. The first-order chi connectivity index (χ1) is 11.6. The summed E-state index contributed by atoms with van der Waals surface area (Å²) in [5.41, 5.74) is -0.284. The van der Waals surface area contributed by atoms with Gasteiger partial charge in [-0.25, -0.2) is 0 Å². The van der Waals surface area contributed by atoms with E-state index < -0.39 is 0 Å². The molecule has 1 amide bonds. The summed E-state index contributed by atoms with van der Waals surface area (Å²) < 4.78 is 0. The molecule has 3 aliphatic rings. The minimum atomic E-state index is -0.284. The van der Waals surface area contributed by atoms with Gasteiger partial charge < -0.3 is 14.9 Å². The third-order valence-electron chi connectivity index (χ3n) is 6.63. The van der Waals surface area contributed by atoms with Crippen LogP contribution in [0.2, 0.25) is 0 Å². The van der Waals surface area contributed by atoms with Crippen molar-refractivity contribution in [1.82, 2.24) is 14.7 Å². The Morgan fingerprint density at radius 1 is 1.08 bits per heavy atom. The molecule has 138 valence electrons. The smallest absolute Gasteiger partial charge is 0.243 e. The zero-order chi connectivity index (χ0) is 17.2. The summed E-state index contributed by atoms with van der Waals surface area (Å²) in [5.74, 6) is 0.313. The number of nitrogens with zero attached hydrogens (tertiary/aromatic N) is 3. The molecular formula is C19H35N3O2. The van der Waals surface area contributed by atoms with Gasteiger partial charge in [0.15, 0.2) is 0 Å². The van der Waals surface area contributed by atoms with Crippen LogP contribution in [-0.4, -0.2) is 83.7 Å². The number of hydrogen-bond donors (Lipinski definition) is 1. The van der Waals surface area contributed by atoms with Crippen molar-refractivity contribution in [3.63, 3.8) is 0 Å². The highest BCUT2D eigenvalue weighted by Gasteiger charge is 2.50. The molecule has 0 aromatic carbocycles. The molecule has 0 aromatic heterocycles. The van der Waals surface area contributed by atoms with Gasteiger partial charge in [0, 0.05) is 12.6 Å². The van der Waals surface area contributed by atoms with Gasteiger partial charge in [-0.3, -0.25) is 9.69 Å². The van der Waals surface area contributed by atoms with Crippen molar-refractivity contribution in [2.75, 3.05) is 40.3 Å². The molecule has 3 fully saturated rings. The maximum atomic E-state index is 13.7. The Hall–Kier alpha value is -0.650. The first-order valence-electron chi connectivity index (χ1n) is 9.92. The Balaban J connectivity index is 1.82. The SMILES string of the molecule is CN(C)[C@@H]1C[C@@H](CO)N(C(=O)C2(N3CCCCC3)CCCCC2)C1. The summed E-state index contributed by atoms with van der Waals surface area (Å²) in [7, 11) is 4.15. The number of aliphatic hydroxyl groups is 1. The Morgan fingerprint density at radius 3 is 2.29 bits per heavy atom. The van der Waals surface area contributed by atoms with E-state index in [4.69, 9.17) is 0 Å². The Bertz CT molecular complexity index is 428. The summed E-state index contributed by atoms with van der Waals surface area (Å²) in [6.07, 6.45) is 10.2.